The first-order valence-corrected chi connectivity index (χ1v) is 7.07. The van der Waals surface area contributed by atoms with E-state index in [1.165, 1.54) is 20.8 Å². The third-order valence-corrected chi connectivity index (χ3v) is 4.45. The van der Waals surface area contributed by atoms with Crippen LogP contribution in [0.2, 0.25) is 0 Å². The van der Waals surface area contributed by atoms with Gasteiger partial charge < -0.3 is 5.11 Å². The molecule has 0 atom stereocenters. The summed E-state index contributed by atoms with van der Waals surface area (Å²) in [6.07, 6.45) is -12.4. The zero-order chi connectivity index (χ0) is 19.5. The van der Waals surface area contributed by atoms with Crippen LogP contribution in [0, 0.1) is 27.7 Å². The Bertz CT molecular complexity index is 839. The van der Waals surface area contributed by atoms with Gasteiger partial charge in [0.25, 0.3) is 0 Å². The lowest BCUT2D eigenvalue weighted by Gasteiger charge is -2.32. The fourth-order valence-corrected chi connectivity index (χ4v) is 2.68. The first-order chi connectivity index (χ1) is 11.1. The number of fused-ring (bicyclic) bond motifs is 1. The van der Waals surface area contributed by atoms with E-state index in [1.807, 2.05) is 0 Å². The molecule has 1 N–H and O–H groups in total. The predicted octanol–water partition coefficient (Wildman–Crippen LogP) is 5.46. The van der Waals surface area contributed by atoms with Crippen LogP contribution in [0.5, 0.6) is 5.75 Å². The zero-order valence-corrected chi connectivity index (χ0v) is 13.6. The van der Waals surface area contributed by atoms with Gasteiger partial charge in [0, 0.05) is 22.2 Å². The highest BCUT2D eigenvalue weighted by molar-refractivity contribution is 5.90. The number of rotatable bonds is 1. The Morgan fingerprint density at radius 3 is 1.72 bits per heavy atom. The van der Waals surface area contributed by atoms with Gasteiger partial charge in [-0.2, -0.15) is 26.3 Å². The van der Waals surface area contributed by atoms with Crippen LogP contribution in [0.1, 0.15) is 27.9 Å². The van der Waals surface area contributed by atoms with E-state index in [9.17, 15) is 35.8 Å². The number of aromatic nitrogens is 1. The highest BCUT2D eigenvalue weighted by atomic mass is 19.4. The molecular formula is C16H14F7NO. The summed E-state index contributed by atoms with van der Waals surface area (Å²) in [6, 6.07) is 0.382. The molecule has 0 saturated carbocycles. The molecule has 0 aliphatic carbocycles. The van der Waals surface area contributed by atoms with Gasteiger partial charge in [-0.05, 0) is 44.9 Å². The molecule has 9 heteroatoms. The van der Waals surface area contributed by atoms with E-state index < -0.39 is 34.9 Å². The Kier molecular flexibility index (Phi) is 4.22. The second-order valence-corrected chi connectivity index (χ2v) is 5.90. The molecule has 1 aromatic carbocycles. The summed E-state index contributed by atoms with van der Waals surface area (Å²) in [5, 5.41) is 9.76. The number of benzene rings is 1. The van der Waals surface area contributed by atoms with E-state index in [1.54, 1.807) is 0 Å². The van der Waals surface area contributed by atoms with Crippen LogP contribution in [-0.4, -0.2) is 22.4 Å². The molecule has 138 valence electrons. The molecule has 0 amide bonds. The number of hydrogen-bond donors (Lipinski definition) is 1. The van der Waals surface area contributed by atoms with E-state index in [0.717, 1.165) is 6.92 Å². The molecule has 25 heavy (non-hydrogen) atoms. The minimum absolute atomic E-state index is 0.0218. The van der Waals surface area contributed by atoms with Crippen LogP contribution in [0.25, 0.3) is 10.9 Å². The monoisotopic (exact) mass is 369 g/mol. The maximum Gasteiger partial charge on any atom is 0.435 e. The van der Waals surface area contributed by atoms with Gasteiger partial charge in [0.2, 0.25) is 0 Å². The fourth-order valence-electron chi connectivity index (χ4n) is 2.68. The summed E-state index contributed by atoms with van der Waals surface area (Å²) < 4.78 is 92.9. The van der Waals surface area contributed by atoms with Crippen LogP contribution in [0.4, 0.5) is 30.7 Å². The third-order valence-electron chi connectivity index (χ3n) is 4.45. The Labute approximate surface area is 138 Å². The van der Waals surface area contributed by atoms with Crippen LogP contribution in [-0.2, 0) is 5.67 Å². The van der Waals surface area contributed by atoms with Gasteiger partial charge in [-0.1, -0.05) is 0 Å². The topological polar surface area (TPSA) is 33.1 Å². The van der Waals surface area contributed by atoms with E-state index in [-0.39, 0.29) is 22.0 Å². The van der Waals surface area contributed by atoms with Gasteiger partial charge in [-0.3, -0.25) is 4.98 Å². The number of pyridine rings is 1. The molecule has 2 nitrogen and oxygen atoms in total. The lowest BCUT2D eigenvalue weighted by atomic mass is 9.86. The number of aromatic hydroxyl groups is 1. The molecular weight excluding hydrogens is 355 g/mol. The second-order valence-electron chi connectivity index (χ2n) is 5.90. The number of nitrogens with zero attached hydrogens (tertiary/aromatic N) is 1. The van der Waals surface area contributed by atoms with Gasteiger partial charge in [0.15, 0.2) is 0 Å². The predicted molar refractivity (Wildman–Crippen MR) is 77.3 cm³/mol. The van der Waals surface area contributed by atoms with Crippen molar-refractivity contribution < 1.29 is 35.8 Å². The number of halogens is 7. The van der Waals surface area contributed by atoms with Gasteiger partial charge in [-0.15, -0.1) is 0 Å². The molecule has 0 saturated heterocycles. The standard InChI is InChI=1S/C16H14F7NO/c1-6-7(2)12-10(13(25)8(3)9(4)24-12)5-11(6)14(17,15(18,19)20)16(21,22)23/h5H,1-4H3,(H,24,25). The van der Waals surface area contributed by atoms with E-state index in [0.29, 0.717) is 11.8 Å². The van der Waals surface area contributed by atoms with Gasteiger partial charge in [0.05, 0.1) is 5.52 Å². The normalized spacial score (nSPS) is 13.6. The highest BCUT2D eigenvalue weighted by Crippen LogP contribution is 2.55. The minimum Gasteiger partial charge on any atom is -0.507 e. The summed E-state index contributed by atoms with van der Waals surface area (Å²) in [5.41, 5.74) is -7.19. The Balaban J connectivity index is 3.03. The molecule has 2 rings (SSSR count). The van der Waals surface area contributed by atoms with Crippen molar-refractivity contribution in [3.63, 3.8) is 0 Å². The first kappa shape index (κ1) is 19.3. The molecule has 0 radical (unpaired) electrons. The molecule has 2 aromatic rings. The molecule has 1 heterocycles. The highest BCUT2D eigenvalue weighted by Gasteiger charge is 2.74. The number of aryl methyl sites for hydroxylation is 2. The molecule has 0 spiro atoms. The average molecular weight is 369 g/mol. The maximum absolute atomic E-state index is 14.5. The van der Waals surface area contributed by atoms with Crippen molar-refractivity contribution in [3.05, 3.63) is 34.0 Å². The largest absolute Gasteiger partial charge is 0.507 e. The molecule has 0 aliphatic heterocycles. The SMILES string of the molecule is Cc1nc2c(C)c(C)c(C(F)(C(F)(F)F)C(F)(F)F)cc2c(O)c1C. The Hall–Kier alpha value is -2.06. The molecule has 0 unspecified atom stereocenters. The summed E-state index contributed by atoms with van der Waals surface area (Å²) in [4.78, 5) is 4.10. The van der Waals surface area contributed by atoms with Crippen molar-refractivity contribution >= 4 is 10.9 Å². The average Bonchev–Trinajstić information content (AvgIpc) is 2.46. The lowest BCUT2D eigenvalue weighted by molar-refractivity contribution is -0.348. The Morgan fingerprint density at radius 2 is 1.28 bits per heavy atom. The quantitative estimate of drug-likeness (QED) is 0.677. The second kappa shape index (κ2) is 5.47. The molecule has 0 aliphatic rings. The summed E-state index contributed by atoms with van der Waals surface area (Å²) >= 11 is 0. The van der Waals surface area contributed by atoms with Crippen molar-refractivity contribution in [2.45, 2.75) is 45.7 Å². The van der Waals surface area contributed by atoms with Crippen molar-refractivity contribution in [1.82, 2.24) is 4.98 Å². The minimum atomic E-state index is -6.22. The van der Waals surface area contributed by atoms with Crippen molar-refractivity contribution in [2.75, 3.05) is 0 Å². The van der Waals surface area contributed by atoms with Crippen molar-refractivity contribution in [1.29, 1.82) is 0 Å². The van der Waals surface area contributed by atoms with Crippen molar-refractivity contribution in [3.8, 4) is 5.75 Å². The van der Waals surface area contributed by atoms with E-state index >= 15 is 0 Å². The third kappa shape index (κ3) is 2.60. The van der Waals surface area contributed by atoms with Gasteiger partial charge in [0.1, 0.15) is 5.75 Å². The van der Waals surface area contributed by atoms with Crippen LogP contribution in [0.15, 0.2) is 6.07 Å². The Morgan fingerprint density at radius 1 is 0.800 bits per heavy atom. The smallest absolute Gasteiger partial charge is 0.435 e. The van der Waals surface area contributed by atoms with Crippen molar-refractivity contribution in [2.24, 2.45) is 0 Å². The van der Waals surface area contributed by atoms with Gasteiger partial charge in [-0.25, -0.2) is 4.39 Å². The number of hydrogen-bond acceptors (Lipinski definition) is 2. The number of alkyl halides is 7. The van der Waals surface area contributed by atoms with Crippen LogP contribution >= 0.6 is 0 Å². The van der Waals surface area contributed by atoms with Crippen LogP contribution < -0.4 is 0 Å². The lowest BCUT2D eigenvalue weighted by Crippen LogP contribution is -2.50. The molecule has 0 bridgehead atoms. The first-order valence-electron chi connectivity index (χ1n) is 7.07. The van der Waals surface area contributed by atoms with Crippen LogP contribution in [0.3, 0.4) is 0 Å². The summed E-state index contributed by atoms with van der Waals surface area (Å²) in [7, 11) is 0. The fraction of sp³-hybridized carbons (Fsp3) is 0.438. The summed E-state index contributed by atoms with van der Waals surface area (Å²) in [6.45, 7) is 5.13. The molecule has 0 fully saturated rings. The molecule has 1 aromatic heterocycles. The summed E-state index contributed by atoms with van der Waals surface area (Å²) in [5.74, 6) is -0.529. The van der Waals surface area contributed by atoms with E-state index in [4.69, 9.17) is 0 Å². The van der Waals surface area contributed by atoms with Gasteiger partial charge >= 0.3 is 18.0 Å². The van der Waals surface area contributed by atoms with E-state index in [2.05, 4.69) is 4.98 Å². The zero-order valence-electron chi connectivity index (χ0n) is 13.6. The maximum atomic E-state index is 14.5.